The van der Waals surface area contributed by atoms with Gasteiger partial charge in [-0.2, -0.15) is 0 Å². The van der Waals surface area contributed by atoms with Crippen LogP contribution in [0.4, 0.5) is 5.69 Å². The molecule has 5 heteroatoms. The van der Waals surface area contributed by atoms with Crippen LogP contribution in [0.3, 0.4) is 0 Å². The third-order valence-corrected chi connectivity index (χ3v) is 5.61. The second-order valence-electron chi connectivity index (χ2n) is 7.58. The Bertz CT molecular complexity index is 926. The summed E-state index contributed by atoms with van der Waals surface area (Å²) in [5.74, 6) is 1.05. The third kappa shape index (κ3) is 4.09. The minimum absolute atomic E-state index is 0.0615. The van der Waals surface area contributed by atoms with Crippen LogP contribution in [-0.4, -0.2) is 40.5 Å². The van der Waals surface area contributed by atoms with Crippen LogP contribution in [0.25, 0.3) is 11.0 Å². The van der Waals surface area contributed by atoms with Crippen LogP contribution < -0.4 is 4.90 Å². The SMILES string of the molecule is CN(C(=O)Cn1c(CN2CCCCCC2)nc2ccccc21)c1ccccc1. The molecule has 1 aliphatic rings. The van der Waals surface area contributed by atoms with Gasteiger partial charge in [-0.15, -0.1) is 0 Å². The minimum atomic E-state index is 0.0615. The van der Waals surface area contributed by atoms with Crippen molar-refractivity contribution in [2.24, 2.45) is 0 Å². The van der Waals surface area contributed by atoms with Crippen LogP contribution in [0.2, 0.25) is 0 Å². The monoisotopic (exact) mass is 376 g/mol. The predicted octanol–water partition coefficient (Wildman–Crippen LogP) is 4.08. The number of carbonyl (C=O) groups is 1. The predicted molar refractivity (Wildman–Crippen MR) is 113 cm³/mol. The average molecular weight is 377 g/mol. The minimum Gasteiger partial charge on any atom is -0.317 e. The Morgan fingerprint density at radius 1 is 0.964 bits per heavy atom. The maximum atomic E-state index is 13.0. The Morgan fingerprint density at radius 3 is 2.39 bits per heavy atom. The number of anilines is 1. The molecule has 2 aromatic carbocycles. The summed E-state index contributed by atoms with van der Waals surface area (Å²) in [5, 5.41) is 0. The molecule has 1 fully saturated rings. The molecule has 28 heavy (non-hydrogen) atoms. The molecular formula is C23H28N4O. The fourth-order valence-electron chi connectivity index (χ4n) is 3.95. The molecule has 3 aromatic rings. The first-order valence-electron chi connectivity index (χ1n) is 10.2. The zero-order valence-electron chi connectivity index (χ0n) is 16.6. The Morgan fingerprint density at radius 2 is 1.64 bits per heavy atom. The van der Waals surface area contributed by atoms with Crippen molar-refractivity contribution >= 4 is 22.6 Å². The van der Waals surface area contributed by atoms with Crippen molar-refractivity contribution in [2.45, 2.75) is 38.8 Å². The van der Waals surface area contributed by atoms with Crippen molar-refractivity contribution in [3.63, 3.8) is 0 Å². The number of likely N-dealkylation sites (N-methyl/N-ethyl adjacent to an activating group) is 1. The van der Waals surface area contributed by atoms with E-state index in [1.54, 1.807) is 4.90 Å². The highest BCUT2D eigenvalue weighted by atomic mass is 16.2. The Kier molecular flexibility index (Phi) is 5.72. The van der Waals surface area contributed by atoms with E-state index in [9.17, 15) is 4.79 Å². The molecule has 1 amide bonds. The molecule has 5 nitrogen and oxygen atoms in total. The lowest BCUT2D eigenvalue weighted by molar-refractivity contribution is -0.118. The summed E-state index contributed by atoms with van der Waals surface area (Å²) in [6.45, 7) is 3.33. The summed E-state index contributed by atoms with van der Waals surface area (Å²) in [7, 11) is 1.84. The quantitative estimate of drug-likeness (QED) is 0.674. The van der Waals surface area contributed by atoms with Crippen LogP contribution in [0, 0.1) is 0 Å². The van der Waals surface area contributed by atoms with Gasteiger partial charge in [0.05, 0.1) is 17.6 Å². The molecule has 0 saturated carbocycles. The molecule has 0 bridgehead atoms. The van der Waals surface area contributed by atoms with Crippen molar-refractivity contribution in [3.05, 3.63) is 60.4 Å². The van der Waals surface area contributed by atoms with Gasteiger partial charge in [-0.3, -0.25) is 9.69 Å². The topological polar surface area (TPSA) is 41.4 Å². The first-order valence-corrected chi connectivity index (χ1v) is 10.2. The number of aromatic nitrogens is 2. The van der Waals surface area contributed by atoms with Crippen LogP contribution in [0.5, 0.6) is 0 Å². The summed E-state index contributed by atoms with van der Waals surface area (Å²) in [5.41, 5.74) is 2.90. The second-order valence-corrected chi connectivity index (χ2v) is 7.58. The van der Waals surface area contributed by atoms with Gasteiger partial charge in [0.1, 0.15) is 12.4 Å². The first kappa shape index (κ1) is 18.7. The van der Waals surface area contributed by atoms with E-state index >= 15 is 0 Å². The normalized spacial score (nSPS) is 15.5. The number of nitrogens with zero attached hydrogens (tertiary/aromatic N) is 4. The first-order chi connectivity index (χ1) is 13.7. The van der Waals surface area contributed by atoms with Gasteiger partial charge in [0.15, 0.2) is 0 Å². The van der Waals surface area contributed by atoms with Gasteiger partial charge in [-0.1, -0.05) is 43.2 Å². The second kappa shape index (κ2) is 8.57. The molecule has 4 rings (SSSR count). The molecule has 1 aromatic heterocycles. The highest BCUT2D eigenvalue weighted by Crippen LogP contribution is 2.20. The summed E-state index contributed by atoms with van der Waals surface area (Å²) in [6.07, 6.45) is 5.12. The molecule has 146 valence electrons. The lowest BCUT2D eigenvalue weighted by Gasteiger charge is -2.22. The zero-order valence-corrected chi connectivity index (χ0v) is 16.6. The van der Waals surface area contributed by atoms with Crippen LogP contribution in [-0.2, 0) is 17.9 Å². The van der Waals surface area contributed by atoms with E-state index in [4.69, 9.17) is 4.98 Å². The number of fused-ring (bicyclic) bond motifs is 1. The summed E-state index contributed by atoms with van der Waals surface area (Å²) in [6, 6.07) is 17.9. The van der Waals surface area contributed by atoms with E-state index in [-0.39, 0.29) is 5.91 Å². The van der Waals surface area contributed by atoms with Crippen molar-refractivity contribution in [1.29, 1.82) is 0 Å². The summed E-state index contributed by atoms with van der Waals surface area (Å²) < 4.78 is 2.10. The van der Waals surface area contributed by atoms with Crippen LogP contribution in [0.15, 0.2) is 54.6 Å². The maximum absolute atomic E-state index is 13.0. The van der Waals surface area contributed by atoms with Gasteiger partial charge in [0.2, 0.25) is 5.91 Å². The molecule has 0 N–H and O–H groups in total. The Balaban J connectivity index is 1.60. The number of imidazole rings is 1. The molecule has 1 saturated heterocycles. The van der Waals surface area contributed by atoms with Gasteiger partial charge in [-0.25, -0.2) is 4.98 Å². The van der Waals surface area contributed by atoms with Crippen LogP contribution >= 0.6 is 0 Å². The van der Waals surface area contributed by atoms with Gasteiger partial charge in [0, 0.05) is 12.7 Å². The van der Waals surface area contributed by atoms with Gasteiger partial charge >= 0.3 is 0 Å². The average Bonchev–Trinajstić information content (AvgIpc) is 2.89. The number of hydrogen-bond donors (Lipinski definition) is 0. The summed E-state index contributed by atoms with van der Waals surface area (Å²) >= 11 is 0. The van der Waals surface area contributed by atoms with E-state index in [2.05, 4.69) is 15.5 Å². The molecule has 0 aliphatic carbocycles. The van der Waals surface area contributed by atoms with Crippen molar-refractivity contribution in [1.82, 2.24) is 14.5 Å². The van der Waals surface area contributed by atoms with Crippen molar-refractivity contribution in [3.8, 4) is 0 Å². The molecular weight excluding hydrogens is 348 g/mol. The largest absolute Gasteiger partial charge is 0.317 e. The summed E-state index contributed by atoms with van der Waals surface area (Å²) in [4.78, 5) is 22.1. The van der Waals surface area contributed by atoms with Gasteiger partial charge in [0.25, 0.3) is 0 Å². The van der Waals surface area contributed by atoms with E-state index < -0.39 is 0 Å². The van der Waals surface area contributed by atoms with Crippen molar-refractivity contribution in [2.75, 3.05) is 25.0 Å². The lowest BCUT2D eigenvalue weighted by Crippen LogP contribution is -2.32. The number of para-hydroxylation sites is 3. The van der Waals surface area contributed by atoms with E-state index in [1.807, 2.05) is 55.6 Å². The van der Waals surface area contributed by atoms with Gasteiger partial charge < -0.3 is 9.47 Å². The third-order valence-electron chi connectivity index (χ3n) is 5.61. The van der Waals surface area contributed by atoms with E-state index in [1.165, 1.54) is 25.7 Å². The van der Waals surface area contributed by atoms with E-state index in [0.717, 1.165) is 42.2 Å². The molecule has 1 aliphatic heterocycles. The molecule has 0 radical (unpaired) electrons. The van der Waals surface area contributed by atoms with Crippen molar-refractivity contribution < 1.29 is 4.79 Å². The molecule has 0 atom stereocenters. The van der Waals surface area contributed by atoms with E-state index in [0.29, 0.717) is 6.54 Å². The lowest BCUT2D eigenvalue weighted by atomic mass is 10.2. The Hall–Kier alpha value is -2.66. The zero-order chi connectivity index (χ0) is 19.3. The number of carbonyl (C=O) groups excluding carboxylic acids is 1. The fourth-order valence-corrected chi connectivity index (χ4v) is 3.95. The van der Waals surface area contributed by atoms with Gasteiger partial charge in [-0.05, 0) is 50.2 Å². The number of rotatable bonds is 5. The highest BCUT2D eigenvalue weighted by molar-refractivity contribution is 5.93. The molecule has 0 unspecified atom stereocenters. The number of amides is 1. The maximum Gasteiger partial charge on any atom is 0.246 e. The Labute approximate surface area is 166 Å². The highest BCUT2D eigenvalue weighted by Gasteiger charge is 2.19. The standard InChI is InChI=1S/C23H28N4O/c1-25(19-11-5-4-6-12-19)23(28)18-27-21-14-8-7-13-20(21)24-22(27)17-26-15-9-2-3-10-16-26/h4-8,11-14H,2-3,9-10,15-18H2,1H3. The molecule has 0 spiro atoms. The molecule has 2 heterocycles. The number of benzene rings is 2. The smallest absolute Gasteiger partial charge is 0.246 e. The number of hydrogen-bond acceptors (Lipinski definition) is 3. The fraction of sp³-hybridized carbons (Fsp3) is 0.391. The van der Waals surface area contributed by atoms with Crippen LogP contribution in [0.1, 0.15) is 31.5 Å². The number of likely N-dealkylation sites (tertiary alicyclic amines) is 1.